The SMILES string of the molecule is CNCc1cccc(Cl)c1Sc1ccc2c(c1)OCCO2. The molecule has 0 spiro atoms. The lowest BCUT2D eigenvalue weighted by molar-refractivity contribution is 0.171. The van der Waals surface area contributed by atoms with Crippen molar-refractivity contribution in [2.45, 2.75) is 16.3 Å². The maximum absolute atomic E-state index is 6.35. The van der Waals surface area contributed by atoms with Gasteiger partial charge in [-0.25, -0.2) is 0 Å². The van der Waals surface area contributed by atoms with E-state index in [2.05, 4.69) is 11.4 Å². The molecule has 3 nitrogen and oxygen atoms in total. The van der Waals surface area contributed by atoms with Crippen molar-refractivity contribution in [3.8, 4) is 11.5 Å². The molecule has 21 heavy (non-hydrogen) atoms. The fraction of sp³-hybridized carbons (Fsp3) is 0.250. The quantitative estimate of drug-likeness (QED) is 0.922. The minimum atomic E-state index is 0.595. The fourth-order valence-corrected chi connectivity index (χ4v) is 3.49. The van der Waals surface area contributed by atoms with E-state index in [0.717, 1.165) is 32.9 Å². The Morgan fingerprint density at radius 1 is 1.14 bits per heavy atom. The van der Waals surface area contributed by atoms with Crippen molar-refractivity contribution < 1.29 is 9.47 Å². The second kappa shape index (κ2) is 6.60. The van der Waals surface area contributed by atoms with Gasteiger partial charge in [0.2, 0.25) is 0 Å². The first-order valence-corrected chi connectivity index (χ1v) is 7.97. The molecule has 0 radical (unpaired) electrons. The monoisotopic (exact) mass is 321 g/mol. The zero-order chi connectivity index (χ0) is 14.7. The molecule has 2 aromatic carbocycles. The van der Waals surface area contributed by atoms with Gasteiger partial charge in [-0.3, -0.25) is 0 Å². The molecular weight excluding hydrogens is 306 g/mol. The van der Waals surface area contributed by atoms with Crippen molar-refractivity contribution in [1.82, 2.24) is 5.32 Å². The number of hydrogen-bond acceptors (Lipinski definition) is 4. The molecule has 0 atom stereocenters. The van der Waals surface area contributed by atoms with E-state index in [1.54, 1.807) is 11.8 Å². The molecule has 0 amide bonds. The first-order valence-electron chi connectivity index (χ1n) is 6.77. The van der Waals surface area contributed by atoms with E-state index < -0.39 is 0 Å². The van der Waals surface area contributed by atoms with Gasteiger partial charge in [-0.15, -0.1) is 0 Å². The number of benzene rings is 2. The molecule has 1 heterocycles. The number of rotatable bonds is 4. The summed E-state index contributed by atoms with van der Waals surface area (Å²) >= 11 is 8.00. The zero-order valence-corrected chi connectivity index (χ0v) is 13.3. The lowest BCUT2D eigenvalue weighted by Crippen LogP contribution is -2.15. The van der Waals surface area contributed by atoms with E-state index in [1.165, 1.54) is 5.56 Å². The van der Waals surface area contributed by atoms with E-state index in [1.807, 2.05) is 37.4 Å². The number of fused-ring (bicyclic) bond motifs is 1. The first kappa shape index (κ1) is 14.6. The zero-order valence-electron chi connectivity index (χ0n) is 11.7. The van der Waals surface area contributed by atoms with Crippen LogP contribution in [0.4, 0.5) is 0 Å². The minimum Gasteiger partial charge on any atom is -0.486 e. The highest BCUT2D eigenvalue weighted by atomic mass is 35.5. The van der Waals surface area contributed by atoms with Crippen LogP contribution in [0, 0.1) is 0 Å². The molecule has 3 rings (SSSR count). The van der Waals surface area contributed by atoms with E-state index in [0.29, 0.717) is 13.2 Å². The van der Waals surface area contributed by atoms with Crippen LogP contribution < -0.4 is 14.8 Å². The minimum absolute atomic E-state index is 0.595. The summed E-state index contributed by atoms with van der Waals surface area (Å²) in [6.07, 6.45) is 0. The van der Waals surface area contributed by atoms with Gasteiger partial charge in [0.15, 0.2) is 11.5 Å². The predicted octanol–water partition coefficient (Wildman–Crippen LogP) is 3.98. The molecule has 2 aromatic rings. The second-order valence-electron chi connectivity index (χ2n) is 4.67. The average molecular weight is 322 g/mol. The van der Waals surface area contributed by atoms with Crippen molar-refractivity contribution in [3.63, 3.8) is 0 Å². The third-order valence-electron chi connectivity index (χ3n) is 3.15. The predicted molar refractivity (Wildman–Crippen MR) is 85.8 cm³/mol. The van der Waals surface area contributed by atoms with Crippen molar-refractivity contribution in [2.24, 2.45) is 0 Å². The van der Waals surface area contributed by atoms with E-state index in [9.17, 15) is 0 Å². The van der Waals surface area contributed by atoms with Crippen LogP contribution >= 0.6 is 23.4 Å². The number of hydrogen-bond donors (Lipinski definition) is 1. The topological polar surface area (TPSA) is 30.5 Å². The molecule has 1 N–H and O–H groups in total. The number of ether oxygens (including phenoxy) is 2. The first-order chi connectivity index (χ1) is 10.3. The van der Waals surface area contributed by atoms with Crippen molar-refractivity contribution in [2.75, 3.05) is 20.3 Å². The molecule has 0 aromatic heterocycles. The Bertz CT molecular complexity index is 648. The molecule has 0 bridgehead atoms. The van der Waals surface area contributed by atoms with Crippen LogP contribution in [0.3, 0.4) is 0 Å². The lowest BCUT2D eigenvalue weighted by Gasteiger charge is -2.19. The van der Waals surface area contributed by atoms with Crippen LogP contribution in [0.15, 0.2) is 46.2 Å². The smallest absolute Gasteiger partial charge is 0.162 e. The average Bonchev–Trinajstić information content (AvgIpc) is 2.51. The van der Waals surface area contributed by atoms with Gasteiger partial charge < -0.3 is 14.8 Å². The molecule has 1 aliphatic heterocycles. The summed E-state index contributed by atoms with van der Waals surface area (Å²) in [7, 11) is 1.93. The largest absolute Gasteiger partial charge is 0.486 e. The van der Waals surface area contributed by atoms with Gasteiger partial charge in [0.05, 0.1) is 5.02 Å². The van der Waals surface area contributed by atoms with Crippen LogP contribution in [0.25, 0.3) is 0 Å². The van der Waals surface area contributed by atoms with Crippen LogP contribution in [0.5, 0.6) is 11.5 Å². The van der Waals surface area contributed by atoms with Gasteiger partial charge in [0.25, 0.3) is 0 Å². The second-order valence-corrected chi connectivity index (χ2v) is 6.16. The molecule has 1 aliphatic rings. The number of halogens is 1. The van der Waals surface area contributed by atoms with E-state index >= 15 is 0 Å². The van der Waals surface area contributed by atoms with Crippen molar-refractivity contribution in [1.29, 1.82) is 0 Å². The van der Waals surface area contributed by atoms with Crippen LogP contribution in [0.1, 0.15) is 5.56 Å². The van der Waals surface area contributed by atoms with E-state index in [-0.39, 0.29) is 0 Å². The Morgan fingerprint density at radius 3 is 2.76 bits per heavy atom. The Kier molecular flexibility index (Phi) is 4.58. The molecule has 0 fully saturated rings. The summed E-state index contributed by atoms with van der Waals surface area (Å²) in [5.41, 5.74) is 1.19. The highest BCUT2D eigenvalue weighted by Crippen LogP contribution is 2.40. The van der Waals surface area contributed by atoms with Gasteiger partial charge in [-0.05, 0) is 36.9 Å². The summed E-state index contributed by atoms with van der Waals surface area (Å²) in [5, 5.41) is 3.94. The van der Waals surface area contributed by atoms with E-state index in [4.69, 9.17) is 21.1 Å². The molecule has 0 aliphatic carbocycles. The molecule has 0 saturated heterocycles. The maximum Gasteiger partial charge on any atom is 0.162 e. The summed E-state index contributed by atoms with van der Waals surface area (Å²) in [4.78, 5) is 2.16. The van der Waals surface area contributed by atoms with Crippen LogP contribution in [0.2, 0.25) is 5.02 Å². The molecule has 5 heteroatoms. The molecule has 110 valence electrons. The number of nitrogens with one attached hydrogen (secondary N) is 1. The van der Waals surface area contributed by atoms with Crippen molar-refractivity contribution >= 4 is 23.4 Å². The summed E-state index contributed by atoms with van der Waals surface area (Å²) in [6.45, 7) is 1.99. The van der Waals surface area contributed by atoms with Gasteiger partial charge in [-0.1, -0.05) is 35.5 Å². The van der Waals surface area contributed by atoms with Crippen LogP contribution in [-0.4, -0.2) is 20.3 Å². The Labute approximate surface area is 133 Å². The fourth-order valence-electron chi connectivity index (χ4n) is 2.20. The Morgan fingerprint density at radius 2 is 1.95 bits per heavy atom. The van der Waals surface area contributed by atoms with Crippen LogP contribution in [-0.2, 0) is 6.54 Å². The van der Waals surface area contributed by atoms with Crippen molar-refractivity contribution in [3.05, 3.63) is 47.0 Å². The normalized spacial score (nSPS) is 13.2. The Balaban J connectivity index is 1.90. The molecule has 0 unspecified atom stereocenters. The highest BCUT2D eigenvalue weighted by Gasteiger charge is 2.14. The lowest BCUT2D eigenvalue weighted by atomic mass is 10.2. The third-order valence-corrected chi connectivity index (χ3v) is 4.75. The third kappa shape index (κ3) is 3.28. The molecular formula is C16H16ClNO2S. The van der Waals surface area contributed by atoms with Gasteiger partial charge in [-0.2, -0.15) is 0 Å². The van der Waals surface area contributed by atoms with Gasteiger partial charge >= 0.3 is 0 Å². The maximum atomic E-state index is 6.35. The summed E-state index contributed by atoms with van der Waals surface area (Å²) in [6, 6.07) is 12.0. The highest BCUT2D eigenvalue weighted by molar-refractivity contribution is 7.99. The molecule has 0 saturated carbocycles. The van der Waals surface area contributed by atoms with Gasteiger partial charge in [0.1, 0.15) is 13.2 Å². The summed E-state index contributed by atoms with van der Waals surface area (Å²) < 4.78 is 11.2. The Hall–Kier alpha value is -1.36. The standard InChI is InChI=1S/C16H16ClNO2S/c1-18-10-11-3-2-4-13(17)16(11)21-12-5-6-14-15(9-12)20-8-7-19-14/h2-6,9,18H,7-8,10H2,1H3. The summed E-state index contributed by atoms with van der Waals surface area (Å²) in [5.74, 6) is 1.61. The van der Waals surface area contributed by atoms with Gasteiger partial charge in [0, 0.05) is 16.3 Å².